The van der Waals surface area contributed by atoms with E-state index in [1.807, 2.05) is 34.1 Å². The third-order valence-electron chi connectivity index (χ3n) is 5.40. The zero-order valence-electron chi connectivity index (χ0n) is 15.1. The second kappa shape index (κ2) is 7.44. The topological polar surface area (TPSA) is 59.1 Å². The van der Waals surface area contributed by atoms with Gasteiger partial charge in [-0.2, -0.15) is 0 Å². The molecule has 0 unspecified atom stereocenters. The molecule has 2 heterocycles. The molecule has 136 valence electrons. The number of hydrogen-bond donors (Lipinski definition) is 0. The fourth-order valence-corrected chi connectivity index (χ4v) is 4.29. The van der Waals surface area contributed by atoms with E-state index in [2.05, 4.69) is 0 Å². The maximum atomic E-state index is 12.5. The van der Waals surface area contributed by atoms with E-state index < -0.39 is 0 Å². The van der Waals surface area contributed by atoms with Crippen molar-refractivity contribution in [3.8, 4) is 5.75 Å². The van der Waals surface area contributed by atoms with Gasteiger partial charge in [0.05, 0.1) is 19.2 Å². The first-order valence-corrected chi connectivity index (χ1v) is 8.76. The Kier molecular flexibility index (Phi) is 5.27. The van der Waals surface area contributed by atoms with E-state index in [1.165, 1.54) is 7.11 Å². The quantitative estimate of drug-likeness (QED) is 0.832. The number of amides is 2. The van der Waals surface area contributed by atoms with Crippen molar-refractivity contribution >= 4 is 11.8 Å². The molecule has 2 amide bonds. The highest BCUT2D eigenvalue weighted by Gasteiger charge is 2.49. The summed E-state index contributed by atoms with van der Waals surface area (Å²) >= 11 is 0. The Morgan fingerprint density at radius 3 is 2.48 bits per heavy atom. The molecule has 0 aliphatic carbocycles. The van der Waals surface area contributed by atoms with E-state index in [4.69, 9.17) is 9.47 Å². The van der Waals surface area contributed by atoms with E-state index in [9.17, 15) is 9.59 Å². The molecule has 0 saturated carbocycles. The standard InChI is InChI=1S/C19H26N2O4/c1-13(22)20-10-4-5-17-19(20)16(11-21(17)18(23)12-24-2)14-6-8-15(25-3)9-7-14/h6-9,16-17,19H,4-5,10-12H2,1-3H3/t16-,17-,19-/m1/s1. The van der Waals surface area contributed by atoms with Crippen molar-refractivity contribution in [3.05, 3.63) is 29.8 Å². The van der Waals surface area contributed by atoms with E-state index in [0.717, 1.165) is 30.7 Å². The first-order chi connectivity index (χ1) is 12.1. The van der Waals surface area contributed by atoms with Gasteiger partial charge in [-0.15, -0.1) is 0 Å². The van der Waals surface area contributed by atoms with E-state index in [-0.39, 0.29) is 36.4 Å². The Balaban J connectivity index is 1.93. The summed E-state index contributed by atoms with van der Waals surface area (Å²) in [4.78, 5) is 28.6. The number of ether oxygens (including phenoxy) is 2. The number of likely N-dealkylation sites (tertiary alicyclic amines) is 2. The number of carbonyl (C=O) groups excluding carboxylic acids is 2. The number of carbonyl (C=O) groups is 2. The van der Waals surface area contributed by atoms with Crippen LogP contribution in [0.2, 0.25) is 0 Å². The molecule has 2 aliphatic rings. The van der Waals surface area contributed by atoms with Crippen LogP contribution in [-0.2, 0) is 14.3 Å². The summed E-state index contributed by atoms with van der Waals surface area (Å²) in [6.45, 7) is 3.08. The van der Waals surface area contributed by atoms with Gasteiger partial charge in [-0.05, 0) is 30.5 Å². The molecule has 2 saturated heterocycles. The van der Waals surface area contributed by atoms with Crippen LogP contribution in [0.3, 0.4) is 0 Å². The number of fused-ring (bicyclic) bond motifs is 1. The van der Waals surface area contributed by atoms with Crippen molar-refractivity contribution in [2.24, 2.45) is 0 Å². The van der Waals surface area contributed by atoms with Gasteiger partial charge in [0.2, 0.25) is 11.8 Å². The average molecular weight is 346 g/mol. The van der Waals surface area contributed by atoms with Crippen LogP contribution in [0.5, 0.6) is 5.75 Å². The minimum atomic E-state index is -0.00101. The summed E-state index contributed by atoms with van der Waals surface area (Å²) < 4.78 is 10.3. The zero-order chi connectivity index (χ0) is 18.0. The Labute approximate surface area is 148 Å². The Morgan fingerprint density at radius 1 is 1.16 bits per heavy atom. The number of benzene rings is 1. The molecule has 3 atom stereocenters. The van der Waals surface area contributed by atoms with Crippen LogP contribution in [0.4, 0.5) is 0 Å². The van der Waals surface area contributed by atoms with Gasteiger partial charge in [0.1, 0.15) is 12.4 Å². The fraction of sp³-hybridized carbons (Fsp3) is 0.579. The summed E-state index contributed by atoms with van der Waals surface area (Å²) in [5, 5.41) is 0. The van der Waals surface area contributed by atoms with Crippen LogP contribution in [0.15, 0.2) is 24.3 Å². The first kappa shape index (κ1) is 17.7. The van der Waals surface area contributed by atoms with Crippen molar-refractivity contribution in [1.29, 1.82) is 0 Å². The normalized spacial score (nSPS) is 25.6. The van der Waals surface area contributed by atoms with Gasteiger partial charge in [0, 0.05) is 33.0 Å². The molecular weight excluding hydrogens is 320 g/mol. The van der Waals surface area contributed by atoms with Crippen LogP contribution >= 0.6 is 0 Å². The molecule has 6 nitrogen and oxygen atoms in total. The molecule has 25 heavy (non-hydrogen) atoms. The van der Waals surface area contributed by atoms with Gasteiger partial charge in [0.15, 0.2) is 0 Å². The molecule has 1 aromatic rings. The SMILES string of the molecule is COCC(=O)N1C[C@H](c2ccc(OC)cc2)[C@@H]2[C@H]1CCCN2C(C)=O. The first-order valence-electron chi connectivity index (χ1n) is 8.76. The monoisotopic (exact) mass is 346 g/mol. The van der Waals surface area contributed by atoms with Crippen molar-refractivity contribution in [2.45, 2.75) is 37.8 Å². The minimum Gasteiger partial charge on any atom is -0.497 e. The predicted octanol–water partition coefficient (Wildman–Crippen LogP) is 1.65. The molecule has 1 aromatic carbocycles. The van der Waals surface area contributed by atoms with E-state index >= 15 is 0 Å². The molecule has 2 aliphatic heterocycles. The summed E-state index contributed by atoms with van der Waals surface area (Å²) in [6.07, 6.45) is 1.85. The number of methoxy groups -OCH3 is 2. The lowest BCUT2D eigenvalue weighted by atomic mass is 9.86. The lowest BCUT2D eigenvalue weighted by Gasteiger charge is -2.41. The molecule has 0 radical (unpaired) electrons. The van der Waals surface area contributed by atoms with Crippen LogP contribution in [0.25, 0.3) is 0 Å². The molecule has 0 N–H and O–H groups in total. The Bertz CT molecular complexity index is 631. The lowest BCUT2D eigenvalue weighted by Crippen LogP contribution is -2.53. The number of hydrogen-bond acceptors (Lipinski definition) is 4. The van der Waals surface area contributed by atoms with Gasteiger partial charge in [-0.25, -0.2) is 0 Å². The number of piperidine rings is 1. The smallest absolute Gasteiger partial charge is 0.248 e. The fourth-order valence-electron chi connectivity index (χ4n) is 4.29. The van der Waals surface area contributed by atoms with Crippen LogP contribution < -0.4 is 4.74 Å². The van der Waals surface area contributed by atoms with Gasteiger partial charge in [-0.1, -0.05) is 12.1 Å². The van der Waals surface area contributed by atoms with Gasteiger partial charge in [-0.3, -0.25) is 9.59 Å². The van der Waals surface area contributed by atoms with Gasteiger partial charge in [0.25, 0.3) is 0 Å². The van der Waals surface area contributed by atoms with Gasteiger partial charge >= 0.3 is 0 Å². The molecule has 0 aromatic heterocycles. The van der Waals surface area contributed by atoms with Crippen LogP contribution in [0.1, 0.15) is 31.2 Å². The van der Waals surface area contributed by atoms with E-state index in [0.29, 0.717) is 6.54 Å². The second-order valence-corrected chi connectivity index (χ2v) is 6.77. The molecular formula is C19H26N2O4. The van der Waals surface area contributed by atoms with Crippen LogP contribution in [0, 0.1) is 0 Å². The Morgan fingerprint density at radius 2 is 1.88 bits per heavy atom. The summed E-state index contributed by atoms with van der Waals surface area (Å²) in [6, 6.07) is 8.04. The number of rotatable bonds is 4. The second-order valence-electron chi connectivity index (χ2n) is 6.77. The molecule has 0 bridgehead atoms. The predicted molar refractivity (Wildman–Crippen MR) is 93.5 cm³/mol. The highest BCUT2D eigenvalue weighted by molar-refractivity contribution is 5.79. The molecule has 6 heteroatoms. The molecule has 3 rings (SSSR count). The summed E-state index contributed by atoms with van der Waals surface area (Å²) in [7, 11) is 3.18. The Hall–Kier alpha value is -2.08. The van der Waals surface area contributed by atoms with Crippen molar-refractivity contribution in [2.75, 3.05) is 33.9 Å². The lowest BCUT2D eigenvalue weighted by molar-refractivity contribution is -0.140. The summed E-state index contributed by atoms with van der Waals surface area (Å²) in [5.41, 5.74) is 1.14. The van der Waals surface area contributed by atoms with Gasteiger partial charge < -0.3 is 19.3 Å². The highest BCUT2D eigenvalue weighted by atomic mass is 16.5. The van der Waals surface area contributed by atoms with Crippen molar-refractivity contribution in [1.82, 2.24) is 9.80 Å². The van der Waals surface area contributed by atoms with Crippen molar-refractivity contribution < 1.29 is 19.1 Å². The van der Waals surface area contributed by atoms with E-state index in [1.54, 1.807) is 14.0 Å². The maximum Gasteiger partial charge on any atom is 0.248 e. The summed E-state index contributed by atoms with van der Waals surface area (Å²) in [5.74, 6) is 0.992. The van der Waals surface area contributed by atoms with Crippen molar-refractivity contribution in [3.63, 3.8) is 0 Å². The zero-order valence-corrected chi connectivity index (χ0v) is 15.1. The maximum absolute atomic E-state index is 12.5. The molecule has 0 spiro atoms. The largest absolute Gasteiger partial charge is 0.497 e. The van der Waals surface area contributed by atoms with Crippen LogP contribution in [-0.4, -0.2) is 67.6 Å². The minimum absolute atomic E-state index is 0.00101. The number of nitrogens with zero attached hydrogens (tertiary/aromatic N) is 2. The third kappa shape index (κ3) is 3.35. The molecule has 2 fully saturated rings. The highest BCUT2D eigenvalue weighted by Crippen LogP contribution is 2.40. The average Bonchev–Trinajstić information content (AvgIpc) is 3.01. The third-order valence-corrected chi connectivity index (χ3v) is 5.40.